The topological polar surface area (TPSA) is 456 Å². The minimum atomic E-state index is -0.961. The minimum absolute atomic E-state index is 0.0104. The molecule has 2 aliphatic rings. The van der Waals surface area contributed by atoms with Gasteiger partial charge in [0.25, 0.3) is 0 Å². The van der Waals surface area contributed by atoms with Crippen LogP contribution in [0, 0.1) is 0 Å². The molecule has 0 aliphatic carbocycles. The molecule has 107 heavy (non-hydrogen) atoms. The monoisotopic (exact) mass is 1540 g/mol. The number of carbonyl (C=O) groups is 7. The number of furan rings is 1. The molecule has 3 amide bonds. The molecule has 37 heteroatoms. The summed E-state index contributed by atoms with van der Waals surface area (Å²) in [6.45, 7) is 10.8. The quantitative estimate of drug-likeness (QED) is 0.0133. The van der Waals surface area contributed by atoms with Crippen LogP contribution in [0.5, 0.6) is 5.75 Å². The third-order valence-corrected chi connectivity index (χ3v) is 16.1. The number of carboxylic acids is 1. The fourth-order valence-electron chi connectivity index (χ4n) is 9.65. The zero-order chi connectivity index (χ0) is 78.7. The van der Waals surface area contributed by atoms with Crippen LogP contribution in [-0.2, 0) is 90.3 Å². The molecule has 8 unspecified atom stereocenters. The van der Waals surface area contributed by atoms with Crippen LogP contribution in [0.2, 0.25) is 0 Å². The number of rotatable bonds is 47. The van der Waals surface area contributed by atoms with Crippen LogP contribution in [0.25, 0.3) is 33.6 Å². The van der Waals surface area contributed by atoms with Crippen molar-refractivity contribution in [2.75, 3.05) is 171 Å². The van der Waals surface area contributed by atoms with Crippen molar-refractivity contribution in [1.82, 2.24) is 35.4 Å². The number of thiol groups is 1. The second-order valence-electron chi connectivity index (χ2n) is 23.6. The van der Waals surface area contributed by atoms with Crippen LogP contribution in [0.3, 0.4) is 0 Å². The molecule has 2 saturated heterocycles. The summed E-state index contributed by atoms with van der Waals surface area (Å²) in [5, 5.41) is 59.3. The van der Waals surface area contributed by atoms with Crippen molar-refractivity contribution in [3.05, 3.63) is 42.6 Å². The number of aromatic nitrogens is 3. The Kier molecular flexibility index (Phi) is 49.3. The summed E-state index contributed by atoms with van der Waals surface area (Å²) in [6.07, 6.45) is -0.0362. The zero-order valence-electron chi connectivity index (χ0n) is 62.6. The van der Waals surface area contributed by atoms with E-state index in [0.717, 1.165) is 5.39 Å². The largest absolute Gasteiger partial charge is 0.481 e. The molecule has 36 nitrogen and oxygen atoms in total. The Hall–Kier alpha value is -7.15. The number of amides is 3. The van der Waals surface area contributed by atoms with Gasteiger partial charge in [-0.2, -0.15) is 12.6 Å². The normalized spacial score (nSPS) is 15.3. The van der Waals surface area contributed by atoms with Crippen molar-refractivity contribution >= 4 is 82.4 Å². The number of piperazine rings is 1. The number of morpholine rings is 1. The highest BCUT2D eigenvalue weighted by Crippen LogP contribution is 2.35. The second-order valence-corrected chi connectivity index (χ2v) is 24.1. The van der Waals surface area contributed by atoms with Gasteiger partial charge in [0.2, 0.25) is 17.5 Å². The number of aliphatic carboxylic acids is 1. The van der Waals surface area contributed by atoms with E-state index in [-0.39, 0.29) is 122 Å². The molecule has 0 spiro atoms. The predicted molar refractivity (Wildman–Crippen MR) is 388 cm³/mol. The van der Waals surface area contributed by atoms with Gasteiger partial charge in [0.05, 0.1) is 69.9 Å². The molecule has 606 valence electrons. The van der Waals surface area contributed by atoms with Gasteiger partial charge in [0, 0.05) is 150 Å². The van der Waals surface area contributed by atoms with Crippen LogP contribution in [-0.4, -0.2) is 313 Å². The number of carboxylic acid groups (broad SMARTS) is 1. The van der Waals surface area contributed by atoms with Crippen LogP contribution in [0.1, 0.15) is 97.8 Å². The summed E-state index contributed by atoms with van der Waals surface area (Å²) < 4.78 is 78.4. The van der Waals surface area contributed by atoms with Crippen LogP contribution in [0.4, 0.5) is 10.6 Å². The van der Waals surface area contributed by atoms with Crippen molar-refractivity contribution in [3.8, 4) is 17.1 Å². The average molecular weight is 1550 g/mol. The third-order valence-electron chi connectivity index (χ3n) is 15.9. The molecular weight excluding hydrogens is 1430 g/mol. The summed E-state index contributed by atoms with van der Waals surface area (Å²) >= 11 is 3.98. The van der Waals surface area contributed by atoms with Gasteiger partial charge in [0.15, 0.2) is 48.7 Å². The Bertz CT molecular complexity index is 3120. The number of hydrogen-bond donors (Lipinski definition) is 9. The number of carbonyl (C=O) groups excluding carboxylic acids is 6. The number of methoxy groups -OCH3 is 5. The van der Waals surface area contributed by atoms with E-state index in [1.807, 2.05) is 45.0 Å². The summed E-state index contributed by atoms with van der Waals surface area (Å²) in [5.74, 6) is -0.508. The number of esters is 3. The van der Waals surface area contributed by atoms with E-state index >= 15 is 0 Å². The van der Waals surface area contributed by atoms with Gasteiger partial charge >= 0.3 is 30.0 Å². The van der Waals surface area contributed by atoms with E-state index in [9.17, 15) is 38.7 Å². The van der Waals surface area contributed by atoms with Crippen molar-refractivity contribution < 1.29 is 135 Å². The number of pyridine rings is 1. The maximum absolute atomic E-state index is 13.2. The number of benzene rings is 1. The summed E-state index contributed by atoms with van der Waals surface area (Å²) in [7, 11) is 7.03. The van der Waals surface area contributed by atoms with Crippen LogP contribution >= 0.6 is 12.6 Å². The van der Waals surface area contributed by atoms with Gasteiger partial charge in [-0.05, 0) is 62.8 Å². The summed E-state index contributed by atoms with van der Waals surface area (Å²) in [5.41, 5.74) is 2.42. The lowest BCUT2D eigenvalue weighted by molar-refractivity contribution is -0.251. The van der Waals surface area contributed by atoms with Crippen molar-refractivity contribution in [3.63, 3.8) is 0 Å². The van der Waals surface area contributed by atoms with Crippen molar-refractivity contribution in [1.29, 1.82) is 0 Å². The molecule has 3 aromatic heterocycles. The maximum Gasteiger partial charge on any atom is 0.415 e. The molecule has 8 N–H and O–H groups in total. The number of hydrogen-bond acceptors (Lipinski definition) is 33. The Morgan fingerprint density at radius 2 is 1.06 bits per heavy atom. The second kappa shape index (κ2) is 56.1. The number of ether oxygens (including phenoxy) is 14. The maximum atomic E-state index is 13.2. The highest BCUT2D eigenvalue weighted by molar-refractivity contribution is 7.80. The van der Waals surface area contributed by atoms with E-state index < -0.39 is 67.5 Å². The molecule has 0 bridgehead atoms. The summed E-state index contributed by atoms with van der Waals surface area (Å²) in [4.78, 5) is 102. The highest BCUT2D eigenvalue weighted by atomic mass is 32.1. The standard InChI is InChI=1S/C38H49N7O10.C14H27NO6S.C11H20O8.C7H16O4/c1-3-27(24-46)53-32(50-2)25-52-31(48)11-5-10-30(47)39-13-14-43-15-17-45(18-16-43)38(49)54-28-8-4-7-26(23-28)35-41-33-29-9-6-12-40-37(29)55-34(33)36(42-35)44-19-21-51-22-20-44;1-3-11(9-16)21-14(19-2)10-20-13(18)6-4-5-12(17)15-7-8-22;1-16-10(6-12)19-11(17-2)7-18-9(15)5-3-4-8(13)14;1-3-6(4-8)11-7(5-9)10-2/h4,6-9,12,23,27,32,46H,3,5,10-11,13-22,24-25H2,1-2H3,(H,39,47);11,14,16,22H,3-10H2,1-2H3,(H,15,17);10-12H,3-7H2,1-2H3,(H,13,14);6-9H,3-5H2,1-2H3. The first-order valence-electron chi connectivity index (χ1n) is 35.5. The molecule has 1 aromatic carbocycles. The van der Waals surface area contributed by atoms with Gasteiger partial charge < -0.3 is 122 Å². The zero-order valence-corrected chi connectivity index (χ0v) is 63.5. The number of aliphatic hydroxyl groups is 5. The van der Waals surface area contributed by atoms with Gasteiger partial charge in [-0.25, -0.2) is 19.7 Å². The van der Waals surface area contributed by atoms with Gasteiger partial charge in [-0.3, -0.25) is 33.7 Å². The van der Waals surface area contributed by atoms with Gasteiger partial charge in [-0.15, -0.1) is 0 Å². The average Bonchev–Trinajstić information content (AvgIpc) is 1.61. The number of nitrogens with one attached hydrogen (secondary N) is 2. The first kappa shape index (κ1) is 94.1. The van der Waals surface area contributed by atoms with E-state index in [1.54, 1.807) is 23.2 Å². The highest BCUT2D eigenvalue weighted by Gasteiger charge is 2.27. The van der Waals surface area contributed by atoms with E-state index in [4.69, 9.17) is 106 Å². The summed E-state index contributed by atoms with van der Waals surface area (Å²) in [6, 6.07) is 11.0. The molecule has 8 atom stereocenters. The smallest absolute Gasteiger partial charge is 0.415 e. The minimum Gasteiger partial charge on any atom is -0.481 e. The van der Waals surface area contributed by atoms with E-state index in [1.165, 1.54) is 35.5 Å². The third kappa shape index (κ3) is 37.7. The SMILES string of the molecule is CCC(CO)OC(CO)OC.CCC(CO)OC(COC(=O)CCCC(=O)NCCN1CCN(C(=O)Oc2cccc(-c3nc(N4CCOCC4)c4oc5ncccc5c4n3)c2)CC1)OC.CCC(CO)OC(COC(=O)CCCC(=O)NCCS)OC.COC(CO)OC(COC(=O)CCCC(=O)O)OC. The number of aliphatic hydroxyl groups excluding tert-OH is 5. The van der Waals surface area contributed by atoms with Gasteiger partial charge in [-0.1, -0.05) is 32.9 Å². The molecule has 6 rings (SSSR count). The number of fused-ring (bicyclic) bond motifs is 3. The van der Waals surface area contributed by atoms with Crippen LogP contribution in [0.15, 0.2) is 47.0 Å². The molecule has 4 aromatic rings. The van der Waals surface area contributed by atoms with Crippen LogP contribution < -0.4 is 20.3 Å². The molecule has 0 saturated carbocycles. The van der Waals surface area contributed by atoms with Crippen molar-refractivity contribution in [2.45, 2.75) is 148 Å². The first-order valence-corrected chi connectivity index (χ1v) is 36.2. The van der Waals surface area contributed by atoms with Crippen molar-refractivity contribution in [2.24, 2.45) is 0 Å². The number of anilines is 1. The number of nitrogens with zero attached hydrogens (tertiary/aromatic N) is 6. The fourth-order valence-corrected chi connectivity index (χ4v) is 9.76. The first-order chi connectivity index (χ1) is 51.7. The Labute approximate surface area is 628 Å². The molecule has 5 heterocycles. The lowest BCUT2D eigenvalue weighted by Gasteiger charge is -2.34. The fraction of sp³-hybridized carbons (Fsp3) is 0.686. The van der Waals surface area contributed by atoms with Gasteiger partial charge in [0.1, 0.15) is 31.1 Å². The van der Waals surface area contributed by atoms with E-state index in [2.05, 4.69) is 38.0 Å². The molecule has 0 radical (unpaired) electrons. The van der Waals surface area contributed by atoms with E-state index in [0.29, 0.717) is 150 Å². The molecular formula is C70H112N8O28S. The lowest BCUT2D eigenvalue weighted by atomic mass is 10.2. The molecule has 2 aliphatic heterocycles. The lowest BCUT2D eigenvalue weighted by Crippen LogP contribution is -2.51. The Balaban J connectivity index is 0.000000466. The Morgan fingerprint density at radius 3 is 1.53 bits per heavy atom. The molecule has 2 fully saturated rings. The predicted octanol–water partition coefficient (Wildman–Crippen LogP) is 2.96. The Morgan fingerprint density at radius 1 is 0.570 bits per heavy atom.